The van der Waals surface area contributed by atoms with Gasteiger partial charge in [0.1, 0.15) is 0 Å². The molecule has 2 rings (SSSR count). The molecule has 0 bridgehead atoms. The lowest BCUT2D eigenvalue weighted by atomic mass is 9.76. The fourth-order valence-corrected chi connectivity index (χ4v) is 2.71. The Balaban J connectivity index is 1.87. The molecule has 0 aromatic carbocycles. The Hall–Kier alpha value is -0.530. The van der Waals surface area contributed by atoms with Crippen LogP contribution in [-0.4, -0.2) is 12.6 Å². The van der Waals surface area contributed by atoms with Crippen molar-refractivity contribution in [3.63, 3.8) is 0 Å². The van der Waals surface area contributed by atoms with Crippen molar-refractivity contribution >= 4 is 5.97 Å². The Morgan fingerprint density at radius 3 is 2.46 bits per heavy atom. The molecule has 13 heavy (non-hydrogen) atoms. The zero-order valence-electron chi connectivity index (χ0n) is 8.13. The van der Waals surface area contributed by atoms with Crippen LogP contribution >= 0.6 is 0 Å². The van der Waals surface area contributed by atoms with Crippen molar-refractivity contribution < 1.29 is 9.53 Å². The van der Waals surface area contributed by atoms with Gasteiger partial charge in [-0.15, -0.1) is 0 Å². The first-order chi connectivity index (χ1) is 6.36. The van der Waals surface area contributed by atoms with Crippen molar-refractivity contribution in [2.24, 2.45) is 11.8 Å². The summed E-state index contributed by atoms with van der Waals surface area (Å²) in [5, 5.41) is 0. The van der Waals surface area contributed by atoms with E-state index in [0.29, 0.717) is 18.9 Å². The van der Waals surface area contributed by atoms with Crippen LogP contribution in [0.1, 0.15) is 44.9 Å². The number of rotatable bonds is 1. The molecule has 0 aromatic rings. The third-order valence-electron chi connectivity index (χ3n) is 3.50. The van der Waals surface area contributed by atoms with Gasteiger partial charge in [-0.05, 0) is 18.3 Å². The van der Waals surface area contributed by atoms with Gasteiger partial charge in [0, 0.05) is 6.42 Å². The number of ether oxygens (including phenoxy) is 1. The lowest BCUT2D eigenvalue weighted by Crippen LogP contribution is -2.27. The van der Waals surface area contributed by atoms with Crippen molar-refractivity contribution in [3.8, 4) is 0 Å². The highest BCUT2D eigenvalue weighted by Crippen LogP contribution is 2.35. The second kappa shape index (κ2) is 4.12. The van der Waals surface area contributed by atoms with E-state index in [-0.39, 0.29) is 5.97 Å². The van der Waals surface area contributed by atoms with E-state index in [1.807, 2.05) is 0 Å². The minimum Gasteiger partial charge on any atom is -0.466 e. The van der Waals surface area contributed by atoms with Gasteiger partial charge in [-0.1, -0.05) is 32.1 Å². The van der Waals surface area contributed by atoms with Crippen molar-refractivity contribution in [2.45, 2.75) is 44.9 Å². The topological polar surface area (TPSA) is 26.3 Å². The monoisotopic (exact) mass is 182 g/mol. The first-order valence-corrected chi connectivity index (χ1v) is 5.52. The molecule has 1 saturated carbocycles. The van der Waals surface area contributed by atoms with Crippen LogP contribution in [0.5, 0.6) is 0 Å². The molecule has 0 amide bonds. The molecular weight excluding hydrogens is 164 g/mol. The van der Waals surface area contributed by atoms with Crippen molar-refractivity contribution in [3.05, 3.63) is 0 Å². The standard InChI is InChI=1S/C11H18O2/c12-11-8-10(6-7-13-11)9-4-2-1-3-5-9/h9-10H,1-8H2/t10-/m0/s1. The second-order valence-electron chi connectivity index (χ2n) is 4.37. The third-order valence-corrected chi connectivity index (χ3v) is 3.50. The Kier molecular flexibility index (Phi) is 2.87. The van der Waals surface area contributed by atoms with Crippen molar-refractivity contribution in [2.75, 3.05) is 6.61 Å². The molecule has 1 heterocycles. The third kappa shape index (κ3) is 2.23. The highest BCUT2D eigenvalue weighted by Gasteiger charge is 2.28. The van der Waals surface area contributed by atoms with Crippen LogP contribution in [0.4, 0.5) is 0 Å². The quantitative estimate of drug-likeness (QED) is 0.582. The normalized spacial score (nSPS) is 31.4. The van der Waals surface area contributed by atoms with E-state index >= 15 is 0 Å². The van der Waals surface area contributed by atoms with Gasteiger partial charge < -0.3 is 4.74 Å². The van der Waals surface area contributed by atoms with Crippen LogP contribution in [-0.2, 0) is 9.53 Å². The largest absolute Gasteiger partial charge is 0.466 e. The van der Waals surface area contributed by atoms with Crippen LogP contribution in [0.15, 0.2) is 0 Å². The van der Waals surface area contributed by atoms with Gasteiger partial charge in [0.25, 0.3) is 0 Å². The average molecular weight is 182 g/mol. The van der Waals surface area contributed by atoms with E-state index in [0.717, 1.165) is 12.3 Å². The molecule has 1 aliphatic carbocycles. The van der Waals surface area contributed by atoms with E-state index in [1.54, 1.807) is 0 Å². The zero-order valence-corrected chi connectivity index (χ0v) is 8.13. The van der Waals surface area contributed by atoms with Crippen LogP contribution in [0.25, 0.3) is 0 Å². The predicted molar refractivity (Wildman–Crippen MR) is 50.3 cm³/mol. The molecule has 2 nitrogen and oxygen atoms in total. The fraction of sp³-hybridized carbons (Fsp3) is 0.909. The van der Waals surface area contributed by atoms with E-state index in [1.165, 1.54) is 32.1 Å². The minimum atomic E-state index is 0.0295. The summed E-state index contributed by atoms with van der Waals surface area (Å²) in [5.74, 6) is 1.49. The molecule has 1 saturated heterocycles. The summed E-state index contributed by atoms with van der Waals surface area (Å²) in [4.78, 5) is 11.1. The van der Waals surface area contributed by atoms with Crippen molar-refractivity contribution in [1.82, 2.24) is 0 Å². The zero-order chi connectivity index (χ0) is 9.10. The van der Waals surface area contributed by atoms with Crippen LogP contribution in [0.2, 0.25) is 0 Å². The highest BCUT2D eigenvalue weighted by atomic mass is 16.5. The summed E-state index contributed by atoms with van der Waals surface area (Å²) in [6.07, 6.45) is 8.62. The Morgan fingerprint density at radius 1 is 1.00 bits per heavy atom. The Labute approximate surface area is 79.7 Å². The second-order valence-corrected chi connectivity index (χ2v) is 4.37. The van der Waals surface area contributed by atoms with Crippen LogP contribution in [0.3, 0.4) is 0 Å². The fourth-order valence-electron chi connectivity index (χ4n) is 2.71. The molecule has 0 aromatic heterocycles. The predicted octanol–water partition coefficient (Wildman–Crippen LogP) is 2.52. The molecule has 2 aliphatic rings. The van der Waals surface area contributed by atoms with Gasteiger partial charge in [0.05, 0.1) is 6.61 Å². The number of hydrogen-bond acceptors (Lipinski definition) is 2. The summed E-state index contributed by atoms with van der Waals surface area (Å²) in [5.41, 5.74) is 0. The minimum absolute atomic E-state index is 0.0295. The smallest absolute Gasteiger partial charge is 0.306 e. The maximum Gasteiger partial charge on any atom is 0.306 e. The average Bonchev–Trinajstić information content (AvgIpc) is 2.19. The maximum atomic E-state index is 11.1. The highest BCUT2D eigenvalue weighted by molar-refractivity contribution is 5.70. The molecule has 0 spiro atoms. The van der Waals surface area contributed by atoms with Crippen LogP contribution < -0.4 is 0 Å². The molecular formula is C11H18O2. The lowest BCUT2D eigenvalue weighted by molar-refractivity contribution is -0.150. The maximum absolute atomic E-state index is 11.1. The molecule has 1 aliphatic heterocycles. The van der Waals surface area contributed by atoms with Gasteiger partial charge in [-0.2, -0.15) is 0 Å². The molecule has 2 fully saturated rings. The van der Waals surface area contributed by atoms with Gasteiger partial charge in [0.2, 0.25) is 0 Å². The summed E-state index contributed by atoms with van der Waals surface area (Å²) in [6.45, 7) is 0.667. The summed E-state index contributed by atoms with van der Waals surface area (Å²) in [7, 11) is 0. The molecule has 0 radical (unpaired) electrons. The Bertz CT molecular complexity index is 183. The SMILES string of the molecule is O=C1C[C@@H](C2CCCCC2)CCO1. The lowest BCUT2D eigenvalue weighted by Gasteiger charge is -2.32. The summed E-state index contributed by atoms with van der Waals surface area (Å²) in [6, 6.07) is 0. The number of esters is 1. The first-order valence-electron chi connectivity index (χ1n) is 5.52. The van der Waals surface area contributed by atoms with Gasteiger partial charge >= 0.3 is 5.97 Å². The van der Waals surface area contributed by atoms with E-state index < -0.39 is 0 Å². The number of hydrogen-bond donors (Lipinski definition) is 0. The molecule has 0 unspecified atom stereocenters. The van der Waals surface area contributed by atoms with Gasteiger partial charge in [-0.25, -0.2) is 0 Å². The van der Waals surface area contributed by atoms with Crippen LogP contribution in [0, 0.1) is 11.8 Å². The molecule has 2 heteroatoms. The molecule has 1 atom stereocenters. The van der Waals surface area contributed by atoms with Gasteiger partial charge in [0.15, 0.2) is 0 Å². The van der Waals surface area contributed by atoms with E-state index in [9.17, 15) is 4.79 Å². The van der Waals surface area contributed by atoms with Crippen molar-refractivity contribution in [1.29, 1.82) is 0 Å². The number of carbonyl (C=O) groups is 1. The Morgan fingerprint density at radius 2 is 1.77 bits per heavy atom. The first kappa shape index (κ1) is 9.04. The molecule has 0 N–H and O–H groups in total. The summed E-state index contributed by atoms with van der Waals surface area (Å²) < 4.78 is 4.96. The van der Waals surface area contributed by atoms with Gasteiger partial charge in [-0.3, -0.25) is 4.79 Å². The van der Waals surface area contributed by atoms with E-state index in [4.69, 9.17) is 4.74 Å². The number of carbonyl (C=O) groups excluding carboxylic acids is 1. The molecule has 74 valence electrons. The van der Waals surface area contributed by atoms with E-state index in [2.05, 4.69) is 0 Å². The number of cyclic esters (lactones) is 1. The summed E-state index contributed by atoms with van der Waals surface area (Å²) >= 11 is 0.